The van der Waals surface area contributed by atoms with Gasteiger partial charge in [-0.1, -0.05) is 196 Å². The quantitative estimate of drug-likeness (QED) is 0.0204. The van der Waals surface area contributed by atoms with Crippen molar-refractivity contribution in [2.75, 3.05) is 13.2 Å². The SMILES string of the molecule is CC\C=C/C=C\C=C/C=C\C=C/CCCC(=O)OC(COC(=O)CCCCC/C=C\CCCCCCCCC)COC(=O)CCCCCCCCCCCC. The maximum absolute atomic E-state index is 12.7. The monoisotopic (exact) mass is 767 g/mol. The molecule has 0 saturated carbocycles. The molecule has 1 atom stereocenters. The number of unbranched alkanes of at least 4 members (excludes halogenated alkanes) is 20. The van der Waals surface area contributed by atoms with E-state index < -0.39 is 6.10 Å². The van der Waals surface area contributed by atoms with Gasteiger partial charge in [0.05, 0.1) is 0 Å². The summed E-state index contributed by atoms with van der Waals surface area (Å²) in [5, 5.41) is 0. The van der Waals surface area contributed by atoms with Gasteiger partial charge in [0.15, 0.2) is 6.10 Å². The zero-order chi connectivity index (χ0) is 40.1. The van der Waals surface area contributed by atoms with E-state index in [9.17, 15) is 14.4 Å². The molecule has 0 spiro atoms. The number of esters is 3. The van der Waals surface area contributed by atoms with Crippen molar-refractivity contribution in [3.05, 3.63) is 72.9 Å². The van der Waals surface area contributed by atoms with Crippen LogP contribution in [0.3, 0.4) is 0 Å². The molecule has 0 aromatic heterocycles. The van der Waals surface area contributed by atoms with Gasteiger partial charge in [0.25, 0.3) is 0 Å². The lowest BCUT2D eigenvalue weighted by Crippen LogP contribution is -2.30. The Morgan fingerprint density at radius 1 is 0.382 bits per heavy atom. The van der Waals surface area contributed by atoms with Crippen LogP contribution in [0.2, 0.25) is 0 Å². The number of carbonyl (C=O) groups excluding carboxylic acids is 3. The molecule has 0 saturated heterocycles. The molecule has 6 heteroatoms. The lowest BCUT2D eigenvalue weighted by Gasteiger charge is -2.18. The molecule has 6 nitrogen and oxygen atoms in total. The van der Waals surface area contributed by atoms with Crippen molar-refractivity contribution in [2.24, 2.45) is 0 Å². The van der Waals surface area contributed by atoms with Gasteiger partial charge in [-0.3, -0.25) is 14.4 Å². The van der Waals surface area contributed by atoms with Crippen LogP contribution in [0.4, 0.5) is 0 Å². The second kappa shape index (κ2) is 43.6. The summed E-state index contributed by atoms with van der Waals surface area (Å²) in [6.07, 6.45) is 53.2. The van der Waals surface area contributed by atoms with Crippen LogP contribution in [0.5, 0.6) is 0 Å². The van der Waals surface area contributed by atoms with Gasteiger partial charge in [0.1, 0.15) is 13.2 Å². The minimum absolute atomic E-state index is 0.108. The average molecular weight is 767 g/mol. The van der Waals surface area contributed by atoms with Crippen LogP contribution in [0.25, 0.3) is 0 Å². The Balaban J connectivity index is 4.51. The third-order valence-corrected chi connectivity index (χ3v) is 9.32. The molecule has 0 aliphatic heterocycles. The molecule has 0 amide bonds. The molecular formula is C49H82O6. The lowest BCUT2D eigenvalue weighted by molar-refractivity contribution is -0.167. The first-order chi connectivity index (χ1) is 27.0. The zero-order valence-electron chi connectivity index (χ0n) is 35.7. The van der Waals surface area contributed by atoms with Crippen LogP contribution in [-0.2, 0) is 28.6 Å². The Bertz CT molecular complexity index is 1070. The summed E-state index contributed by atoms with van der Waals surface area (Å²) in [7, 11) is 0. The molecule has 0 aromatic carbocycles. The summed E-state index contributed by atoms with van der Waals surface area (Å²) in [6, 6.07) is 0. The molecule has 314 valence electrons. The number of carbonyl (C=O) groups is 3. The maximum atomic E-state index is 12.7. The van der Waals surface area contributed by atoms with E-state index in [1.807, 2.05) is 54.7 Å². The van der Waals surface area contributed by atoms with E-state index in [1.54, 1.807) is 0 Å². The fourth-order valence-electron chi connectivity index (χ4n) is 5.94. The second-order valence-electron chi connectivity index (χ2n) is 14.7. The van der Waals surface area contributed by atoms with E-state index in [2.05, 4.69) is 39.0 Å². The summed E-state index contributed by atoms with van der Waals surface area (Å²) in [4.78, 5) is 37.6. The van der Waals surface area contributed by atoms with Gasteiger partial charge < -0.3 is 14.2 Å². The summed E-state index contributed by atoms with van der Waals surface area (Å²) in [5.74, 6) is -1.01. The number of ether oxygens (including phenoxy) is 3. The standard InChI is InChI=1S/C49H82O6/c1-4-7-10-13-16-19-22-24-26-27-30-33-36-39-42-48(51)54-45-46(44-53-47(50)41-38-35-32-29-21-18-15-12-9-6-3)55-49(52)43-40-37-34-31-28-25-23-20-17-14-11-8-5-2/h8,11,14,17,20,23,25-28,31,34,46H,4-7,9-10,12-13,15-16,18-19,21-22,24,29-30,32-33,35-45H2,1-3H3/b11-8-,17-14-,23-20-,27-26-,28-25-,34-31-. The number of allylic oxidation sites excluding steroid dienone is 12. The van der Waals surface area contributed by atoms with Crippen LogP contribution in [0.15, 0.2) is 72.9 Å². The molecule has 55 heavy (non-hydrogen) atoms. The first-order valence-corrected chi connectivity index (χ1v) is 22.5. The third kappa shape index (κ3) is 41.8. The van der Waals surface area contributed by atoms with Gasteiger partial charge in [-0.05, 0) is 57.8 Å². The van der Waals surface area contributed by atoms with Crippen LogP contribution in [0.1, 0.15) is 201 Å². The number of hydrogen-bond donors (Lipinski definition) is 0. The van der Waals surface area contributed by atoms with Gasteiger partial charge in [-0.2, -0.15) is 0 Å². The van der Waals surface area contributed by atoms with Crippen molar-refractivity contribution in [1.29, 1.82) is 0 Å². The van der Waals surface area contributed by atoms with Crippen LogP contribution in [-0.4, -0.2) is 37.2 Å². The van der Waals surface area contributed by atoms with E-state index in [0.717, 1.165) is 64.2 Å². The van der Waals surface area contributed by atoms with Crippen LogP contribution >= 0.6 is 0 Å². The predicted octanol–water partition coefficient (Wildman–Crippen LogP) is 14.3. The van der Waals surface area contributed by atoms with E-state index >= 15 is 0 Å². The molecule has 0 aliphatic rings. The van der Waals surface area contributed by atoms with Crippen molar-refractivity contribution < 1.29 is 28.6 Å². The summed E-state index contributed by atoms with van der Waals surface area (Å²) < 4.78 is 16.6. The van der Waals surface area contributed by atoms with E-state index in [4.69, 9.17) is 14.2 Å². The van der Waals surface area contributed by atoms with E-state index in [0.29, 0.717) is 19.3 Å². The molecule has 0 heterocycles. The minimum Gasteiger partial charge on any atom is -0.462 e. The average Bonchev–Trinajstić information content (AvgIpc) is 3.18. The van der Waals surface area contributed by atoms with Gasteiger partial charge in [0, 0.05) is 19.3 Å². The highest BCUT2D eigenvalue weighted by molar-refractivity contribution is 5.71. The smallest absolute Gasteiger partial charge is 0.306 e. The van der Waals surface area contributed by atoms with Gasteiger partial charge in [-0.15, -0.1) is 0 Å². The Morgan fingerprint density at radius 2 is 0.745 bits per heavy atom. The van der Waals surface area contributed by atoms with Gasteiger partial charge in [-0.25, -0.2) is 0 Å². The van der Waals surface area contributed by atoms with Crippen molar-refractivity contribution in [2.45, 2.75) is 207 Å². The van der Waals surface area contributed by atoms with E-state index in [-0.39, 0.29) is 37.5 Å². The molecule has 0 aliphatic carbocycles. The van der Waals surface area contributed by atoms with Crippen molar-refractivity contribution in [3.8, 4) is 0 Å². The summed E-state index contributed by atoms with van der Waals surface area (Å²) in [5.41, 5.74) is 0. The molecule has 0 radical (unpaired) electrons. The molecule has 1 unspecified atom stereocenters. The molecule has 0 rings (SSSR count). The topological polar surface area (TPSA) is 78.9 Å². The number of hydrogen-bond acceptors (Lipinski definition) is 6. The second-order valence-corrected chi connectivity index (χ2v) is 14.7. The predicted molar refractivity (Wildman–Crippen MR) is 233 cm³/mol. The molecule has 0 N–H and O–H groups in total. The number of rotatable bonds is 39. The Morgan fingerprint density at radius 3 is 1.22 bits per heavy atom. The fraction of sp³-hybridized carbons (Fsp3) is 0.694. The Hall–Kier alpha value is -3.15. The molecule has 0 bridgehead atoms. The van der Waals surface area contributed by atoms with Crippen LogP contribution < -0.4 is 0 Å². The lowest BCUT2D eigenvalue weighted by atomic mass is 10.1. The highest BCUT2D eigenvalue weighted by Crippen LogP contribution is 2.13. The highest BCUT2D eigenvalue weighted by Gasteiger charge is 2.19. The summed E-state index contributed by atoms with van der Waals surface area (Å²) in [6.45, 7) is 6.38. The third-order valence-electron chi connectivity index (χ3n) is 9.32. The summed E-state index contributed by atoms with van der Waals surface area (Å²) >= 11 is 0. The Kier molecular flexibility index (Phi) is 41.1. The Labute approximate surface area is 338 Å². The largest absolute Gasteiger partial charge is 0.462 e. The van der Waals surface area contributed by atoms with Crippen molar-refractivity contribution in [1.82, 2.24) is 0 Å². The minimum atomic E-state index is -0.814. The van der Waals surface area contributed by atoms with Crippen molar-refractivity contribution in [3.63, 3.8) is 0 Å². The zero-order valence-corrected chi connectivity index (χ0v) is 35.7. The van der Waals surface area contributed by atoms with Crippen LogP contribution in [0, 0.1) is 0 Å². The normalized spacial score (nSPS) is 12.7. The van der Waals surface area contributed by atoms with Gasteiger partial charge in [0.2, 0.25) is 0 Å². The fourth-order valence-corrected chi connectivity index (χ4v) is 5.94. The maximum Gasteiger partial charge on any atom is 0.306 e. The first-order valence-electron chi connectivity index (χ1n) is 22.5. The first kappa shape index (κ1) is 51.9. The molecule has 0 aromatic rings. The molecule has 0 fully saturated rings. The van der Waals surface area contributed by atoms with Gasteiger partial charge >= 0.3 is 17.9 Å². The molecular weight excluding hydrogens is 685 g/mol. The van der Waals surface area contributed by atoms with Crippen molar-refractivity contribution >= 4 is 17.9 Å². The highest BCUT2D eigenvalue weighted by atomic mass is 16.6. The van der Waals surface area contributed by atoms with E-state index in [1.165, 1.54) is 89.9 Å².